The van der Waals surface area contributed by atoms with Gasteiger partial charge in [0.15, 0.2) is 5.96 Å². The molecule has 114 valence electrons. The minimum atomic E-state index is 0. The molecule has 0 saturated carbocycles. The first-order valence-corrected chi connectivity index (χ1v) is 8.80. The first kappa shape index (κ1) is 18.0. The van der Waals surface area contributed by atoms with Crippen LogP contribution in [-0.2, 0) is 0 Å². The van der Waals surface area contributed by atoms with E-state index in [1.165, 1.54) is 25.7 Å². The van der Waals surface area contributed by atoms with Crippen molar-refractivity contribution in [1.82, 2.24) is 9.88 Å². The van der Waals surface area contributed by atoms with Crippen LogP contribution in [0.25, 0.3) is 0 Å². The predicted molar refractivity (Wildman–Crippen MR) is 99.4 cm³/mol. The maximum atomic E-state index is 6.05. The third-order valence-electron chi connectivity index (χ3n) is 3.14. The first-order chi connectivity index (χ1) is 9.36. The highest BCUT2D eigenvalue weighted by atomic mass is 127. The Labute approximate surface area is 146 Å². The summed E-state index contributed by atoms with van der Waals surface area (Å²) in [4.78, 5) is 11.0. The minimum Gasteiger partial charge on any atom is -0.370 e. The van der Waals surface area contributed by atoms with Crippen molar-refractivity contribution in [2.24, 2.45) is 10.7 Å². The van der Waals surface area contributed by atoms with Crippen molar-refractivity contribution in [3.05, 3.63) is 11.6 Å². The van der Waals surface area contributed by atoms with Gasteiger partial charge in [0.2, 0.25) is 0 Å². The molecule has 0 atom stereocenters. The van der Waals surface area contributed by atoms with E-state index in [2.05, 4.69) is 14.9 Å². The maximum absolute atomic E-state index is 6.05. The number of aliphatic imine (C=N–C) groups is 1. The molecule has 1 fully saturated rings. The number of rotatable bonds is 5. The summed E-state index contributed by atoms with van der Waals surface area (Å²) >= 11 is 3.50. The van der Waals surface area contributed by atoms with Gasteiger partial charge in [-0.1, -0.05) is 24.6 Å². The van der Waals surface area contributed by atoms with Crippen molar-refractivity contribution in [1.29, 1.82) is 0 Å². The summed E-state index contributed by atoms with van der Waals surface area (Å²) in [6, 6.07) is 0. The molecular formula is C13H23IN4S2. The molecule has 1 aromatic heterocycles. The fourth-order valence-corrected chi connectivity index (χ4v) is 3.73. The second-order valence-corrected chi connectivity index (χ2v) is 6.88. The van der Waals surface area contributed by atoms with Gasteiger partial charge in [-0.2, -0.15) is 0 Å². The molecule has 1 saturated heterocycles. The number of thioether (sulfide) groups is 1. The average molecular weight is 426 g/mol. The average Bonchev–Trinajstić information content (AvgIpc) is 2.78. The summed E-state index contributed by atoms with van der Waals surface area (Å²) in [5.41, 5.74) is 6.05. The summed E-state index contributed by atoms with van der Waals surface area (Å²) in [5.74, 6) is 1.80. The summed E-state index contributed by atoms with van der Waals surface area (Å²) in [7, 11) is 0. The molecule has 0 unspecified atom stereocenters. The monoisotopic (exact) mass is 426 g/mol. The highest BCUT2D eigenvalue weighted by molar-refractivity contribution is 14.0. The number of nitrogens with zero attached hydrogens (tertiary/aromatic N) is 3. The van der Waals surface area contributed by atoms with Gasteiger partial charge in [0.25, 0.3) is 0 Å². The first-order valence-electron chi connectivity index (χ1n) is 6.93. The Bertz CT molecular complexity index is 376. The molecule has 2 rings (SSSR count). The lowest BCUT2D eigenvalue weighted by molar-refractivity contribution is 0.428. The smallest absolute Gasteiger partial charge is 0.191 e. The fourth-order valence-electron chi connectivity index (χ4n) is 2.10. The van der Waals surface area contributed by atoms with Gasteiger partial charge in [0, 0.05) is 37.0 Å². The normalized spacial score (nSPS) is 16.6. The third kappa shape index (κ3) is 6.62. The lowest BCUT2D eigenvalue weighted by Gasteiger charge is -2.21. The van der Waals surface area contributed by atoms with E-state index < -0.39 is 0 Å². The van der Waals surface area contributed by atoms with Crippen LogP contribution in [-0.4, -0.2) is 41.2 Å². The molecule has 1 aliphatic heterocycles. The SMILES string of the molecule is I.NC(=NCCCSc1nccs1)N1CCCCCC1. The summed E-state index contributed by atoms with van der Waals surface area (Å²) in [6.07, 6.45) is 8.05. The molecule has 0 bridgehead atoms. The second kappa shape index (κ2) is 10.7. The number of hydrogen-bond acceptors (Lipinski definition) is 4. The van der Waals surface area contributed by atoms with E-state index in [1.54, 1.807) is 23.1 Å². The Morgan fingerprint density at radius 3 is 2.75 bits per heavy atom. The van der Waals surface area contributed by atoms with Crippen molar-refractivity contribution in [3.8, 4) is 0 Å². The molecular weight excluding hydrogens is 403 g/mol. The van der Waals surface area contributed by atoms with Crippen LogP contribution in [0.1, 0.15) is 32.1 Å². The summed E-state index contributed by atoms with van der Waals surface area (Å²) in [6.45, 7) is 2.97. The van der Waals surface area contributed by atoms with E-state index in [0.717, 1.165) is 42.1 Å². The van der Waals surface area contributed by atoms with Crippen LogP contribution in [0, 0.1) is 0 Å². The zero-order chi connectivity index (χ0) is 13.3. The van der Waals surface area contributed by atoms with Crippen LogP contribution in [0.3, 0.4) is 0 Å². The van der Waals surface area contributed by atoms with Crippen molar-refractivity contribution in [3.63, 3.8) is 0 Å². The summed E-state index contributed by atoms with van der Waals surface area (Å²) < 4.78 is 1.14. The van der Waals surface area contributed by atoms with E-state index in [9.17, 15) is 0 Å². The lowest BCUT2D eigenvalue weighted by atomic mass is 10.2. The van der Waals surface area contributed by atoms with Gasteiger partial charge in [0.05, 0.1) is 0 Å². The highest BCUT2D eigenvalue weighted by Gasteiger charge is 2.10. The Balaban J connectivity index is 0.00000200. The topological polar surface area (TPSA) is 54.5 Å². The number of nitrogens with two attached hydrogens (primary N) is 1. The van der Waals surface area contributed by atoms with E-state index in [4.69, 9.17) is 5.73 Å². The zero-order valence-corrected chi connectivity index (χ0v) is 15.6. The maximum Gasteiger partial charge on any atom is 0.191 e. The van der Waals surface area contributed by atoms with Crippen molar-refractivity contribution in [2.75, 3.05) is 25.4 Å². The van der Waals surface area contributed by atoms with E-state index in [1.807, 2.05) is 11.6 Å². The molecule has 1 aliphatic rings. The Morgan fingerprint density at radius 1 is 1.35 bits per heavy atom. The molecule has 0 aliphatic carbocycles. The molecule has 4 nitrogen and oxygen atoms in total. The molecule has 1 aromatic rings. The standard InChI is InChI=1S/C13H22N4S2.HI/c14-12(17-8-3-1-2-4-9-17)15-6-5-10-18-13-16-7-11-19-13;/h7,11H,1-6,8-10H2,(H2,14,15);1H. The quantitative estimate of drug-likeness (QED) is 0.258. The number of hydrogen-bond donors (Lipinski definition) is 1. The van der Waals surface area contributed by atoms with Gasteiger partial charge < -0.3 is 10.6 Å². The van der Waals surface area contributed by atoms with Crippen LogP contribution in [0.4, 0.5) is 0 Å². The second-order valence-electron chi connectivity index (χ2n) is 4.64. The molecule has 0 spiro atoms. The van der Waals surface area contributed by atoms with Gasteiger partial charge in [-0.15, -0.1) is 35.3 Å². The largest absolute Gasteiger partial charge is 0.370 e. The highest BCUT2D eigenvalue weighted by Crippen LogP contribution is 2.20. The van der Waals surface area contributed by atoms with E-state index in [0.29, 0.717) is 0 Å². The van der Waals surface area contributed by atoms with Crippen molar-refractivity contribution >= 4 is 53.0 Å². The Kier molecular flexibility index (Phi) is 9.62. The lowest BCUT2D eigenvalue weighted by Crippen LogP contribution is -2.38. The number of likely N-dealkylation sites (tertiary alicyclic amines) is 1. The third-order valence-corrected chi connectivity index (χ3v) is 5.19. The zero-order valence-electron chi connectivity index (χ0n) is 11.7. The molecule has 2 heterocycles. The minimum absolute atomic E-state index is 0. The van der Waals surface area contributed by atoms with Gasteiger partial charge in [-0.25, -0.2) is 4.98 Å². The Morgan fingerprint density at radius 2 is 2.10 bits per heavy atom. The number of guanidine groups is 1. The van der Waals surface area contributed by atoms with Crippen LogP contribution >= 0.6 is 47.1 Å². The Hall–Kier alpha value is -0.0200. The van der Waals surface area contributed by atoms with Crippen molar-refractivity contribution in [2.45, 2.75) is 36.4 Å². The molecule has 0 amide bonds. The van der Waals surface area contributed by atoms with Gasteiger partial charge in [0.1, 0.15) is 4.34 Å². The molecule has 2 N–H and O–H groups in total. The molecule has 7 heteroatoms. The number of halogens is 1. The van der Waals surface area contributed by atoms with Crippen LogP contribution in [0.5, 0.6) is 0 Å². The number of thiazole rings is 1. The number of aromatic nitrogens is 1. The molecule has 20 heavy (non-hydrogen) atoms. The fraction of sp³-hybridized carbons (Fsp3) is 0.692. The van der Waals surface area contributed by atoms with Crippen LogP contribution < -0.4 is 5.73 Å². The van der Waals surface area contributed by atoms with Crippen LogP contribution in [0.2, 0.25) is 0 Å². The predicted octanol–water partition coefficient (Wildman–Crippen LogP) is 3.43. The molecule has 0 aromatic carbocycles. The van der Waals surface area contributed by atoms with Crippen molar-refractivity contribution < 1.29 is 0 Å². The van der Waals surface area contributed by atoms with E-state index in [-0.39, 0.29) is 24.0 Å². The van der Waals surface area contributed by atoms with Gasteiger partial charge >= 0.3 is 0 Å². The van der Waals surface area contributed by atoms with Crippen LogP contribution in [0.15, 0.2) is 20.9 Å². The summed E-state index contributed by atoms with van der Waals surface area (Å²) in [5, 5.41) is 2.01. The van der Waals surface area contributed by atoms with Gasteiger partial charge in [-0.3, -0.25) is 4.99 Å². The molecule has 0 radical (unpaired) electrons. The van der Waals surface area contributed by atoms with E-state index >= 15 is 0 Å². The van der Waals surface area contributed by atoms with Gasteiger partial charge in [-0.05, 0) is 19.3 Å².